The normalized spacial score (nSPS) is 9.86. The van der Waals surface area contributed by atoms with Gasteiger partial charge in [0.25, 0.3) is 0 Å². The first-order valence-electron chi connectivity index (χ1n) is 4.55. The molecule has 0 aromatic carbocycles. The predicted octanol–water partition coefficient (Wildman–Crippen LogP) is 1.00. The van der Waals surface area contributed by atoms with Gasteiger partial charge in [-0.05, 0) is 6.92 Å². The Labute approximate surface area is 89.4 Å². The average molecular weight is 219 g/mol. The van der Waals surface area contributed by atoms with Crippen LogP contribution in [0.4, 0.5) is 0 Å². The van der Waals surface area contributed by atoms with Crippen LogP contribution in [-0.4, -0.2) is 43.0 Å². The van der Waals surface area contributed by atoms with E-state index in [0.29, 0.717) is 38.5 Å². The number of nitriles is 1. The summed E-state index contributed by atoms with van der Waals surface area (Å²) in [6.07, 6.45) is 0.312. The molecule has 0 aliphatic carbocycles. The first-order valence-corrected chi connectivity index (χ1v) is 5.09. The zero-order chi connectivity index (χ0) is 10.8. The summed E-state index contributed by atoms with van der Waals surface area (Å²) in [6.45, 7) is 3.61. The first kappa shape index (κ1) is 13.2. The van der Waals surface area contributed by atoms with Crippen molar-refractivity contribution in [2.45, 2.75) is 13.3 Å². The van der Waals surface area contributed by atoms with Crippen molar-refractivity contribution in [1.29, 1.82) is 5.26 Å². The Bertz CT molecular complexity index is 203. The van der Waals surface area contributed by atoms with Crippen LogP contribution in [0.2, 0.25) is 0 Å². The van der Waals surface area contributed by atoms with Crippen molar-refractivity contribution in [2.24, 2.45) is 0 Å². The van der Waals surface area contributed by atoms with Gasteiger partial charge in [-0.3, -0.25) is 9.69 Å². The molecular weight excluding hydrogens is 204 g/mol. The Morgan fingerprint density at radius 2 is 2.29 bits per heavy atom. The van der Waals surface area contributed by atoms with Crippen LogP contribution in [0.25, 0.3) is 0 Å². The number of halogens is 1. The number of rotatable bonds is 7. The molecule has 0 saturated carbocycles. The zero-order valence-corrected chi connectivity index (χ0v) is 9.09. The third-order valence-corrected chi connectivity index (χ3v) is 1.80. The van der Waals surface area contributed by atoms with Crippen molar-refractivity contribution in [3.63, 3.8) is 0 Å². The summed E-state index contributed by atoms with van der Waals surface area (Å²) in [5.74, 6) is 0.231. The molecule has 0 saturated heterocycles. The number of hydrogen-bond donors (Lipinski definition) is 0. The molecular formula is C9H15ClN2O2. The highest BCUT2D eigenvalue weighted by Crippen LogP contribution is 1.94. The molecule has 4 nitrogen and oxygen atoms in total. The monoisotopic (exact) mass is 218 g/mol. The maximum absolute atomic E-state index is 11.0. The van der Waals surface area contributed by atoms with E-state index in [1.807, 2.05) is 11.0 Å². The lowest BCUT2D eigenvalue weighted by Crippen LogP contribution is -2.29. The van der Waals surface area contributed by atoms with Crippen LogP contribution in [0.1, 0.15) is 13.3 Å². The highest BCUT2D eigenvalue weighted by molar-refractivity contribution is 6.18. The summed E-state index contributed by atoms with van der Waals surface area (Å²) in [5.41, 5.74) is 0. The standard InChI is InChI=1S/C9H15ClN2O2/c1-2-14-9(13)3-6-12(7-4-10)8-5-11/h2-4,6-8H2,1H3. The van der Waals surface area contributed by atoms with Crippen LogP contribution in [-0.2, 0) is 9.53 Å². The average Bonchev–Trinajstić information content (AvgIpc) is 2.15. The van der Waals surface area contributed by atoms with E-state index in [1.165, 1.54) is 0 Å². The van der Waals surface area contributed by atoms with Crippen LogP contribution in [0.5, 0.6) is 0 Å². The van der Waals surface area contributed by atoms with Crippen molar-refractivity contribution in [3.05, 3.63) is 0 Å². The smallest absolute Gasteiger partial charge is 0.307 e. The summed E-state index contributed by atoms with van der Waals surface area (Å²) in [7, 11) is 0. The summed E-state index contributed by atoms with van der Waals surface area (Å²) < 4.78 is 4.77. The minimum Gasteiger partial charge on any atom is -0.466 e. The predicted molar refractivity (Wildman–Crippen MR) is 54.0 cm³/mol. The topological polar surface area (TPSA) is 53.3 Å². The van der Waals surface area contributed by atoms with Gasteiger partial charge in [0.05, 0.1) is 25.6 Å². The minimum absolute atomic E-state index is 0.231. The van der Waals surface area contributed by atoms with E-state index in [1.54, 1.807) is 6.92 Å². The van der Waals surface area contributed by atoms with Crippen molar-refractivity contribution >= 4 is 17.6 Å². The SMILES string of the molecule is CCOC(=O)CCN(CC#N)CCCl. The molecule has 0 aliphatic rings. The van der Waals surface area contributed by atoms with Gasteiger partial charge in [-0.2, -0.15) is 5.26 Å². The summed E-state index contributed by atoms with van der Waals surface area (Å²) >= 11 is 5.54. The molecule has 0 bridgehead atoms. The van der Waals surface area contributed by atoms with Gasteiger partial charge >= 0.3 is 5.97 Å². The number of alkyl halides is 1. The highest BCUT2D eigenvalue weighted by Gasteiger charge is 2.07. The second-order valence-electron chi connectivity index (χ2n) is 2.68. The summed E-state index contributed by atoms with van der Waals surface area (Å²) in [4.78, 5) is 12.8. The second-order valence-corrected chi connectivity index (χ2v) is 3.06. The molecule has 0 rings (SSSR count). The second kappa shape index (κ2) is 8.79. The molecule has 0 aromatic heterocycles. The van der Waals surface area contributed by atoms with Crippen LogP contribution < -0.4 is 0 Å². The molecule has 14 heavy (non-hydrogen) atoms. The molecule has 0 aliphatic heterocycles. The molecule has 0 atom stereocenters. The molecule has 0 spiro atoms. The van der Waals surface area contributed by atoms with Crippen molar-refractivity contribution in [2.75, 3.05) is 32.1 Å². The Balaban J connectivity index is 3.70. The summed E-state index contributed by atoms with van der Waals surface area (Å²) in [6, 6.07) is 2.02. The fraction of sp³-hybridized carbons (Fsp3) is 0.778. The quantitative estimate of drug-likeness (QED) is 0.364. The maximum Gasteiger partial charge on any atom is 0.307 e. The lowest BCUT2D eigenvalue weighted by Gasteiger charge is -2.16. The van der Waals surface area contributed by atoms with Gasteiger partial charge in [-0.25, -0.2) is 0 Å². The number of hydrogen-bond acceptors (Lipinski definition) is 4. The van der Waals surface area contributed by atoms with E-state index in [4.69, 9.17) is 21.6 Å². The first-order chi connectivity index (χ1) is 6.74. The molecule has 0 aromatic rings. The van der Waals surface area contributed by atoms with E-state index < -0.39 is 0 Å². The Morgan fingerprint density at radius 3 is 2.79 bits per heavy atom. The van der Waals surface area contributed by atoms with E-state index in [-0.39, 0.29) is 5.97 Å². The van der Waals surface area contributed by atoms with Crippen LogP contribution >= 0.6 is 11.6 Å². The van der Waals surface area contributed by atoms with Crippen molar-refractivity contribution < 1.29 is 9.53 Å². The Hall–Kier alpha value is -0.790. The van der Waals surface area contributed by atoms with Gasteiger partial charge in [-0.1, -0.05) is 0 Å². The molecule has 0 radical (unpaired) electrons. The largest absolute Gasteiger partial charge is 0.466 e. The van der Waals surface area contributed by atoms with Crippen molar-refractivity contribution in [3.8, 4) is 6.07 Å². The number of ether oxygens (including phenoxy) is 1. The summed E-state index contributed by atoms with van der Waals surface area (Å²) in [5, 5.41) is 8.48. The minimum atomic E-state index is -0.231. The van der Waals surface area contributed by atoms with Crippen LogP contribution in [0.15, 0.2) is 0 Å². The molecule has 0 amide bonds. The highest BCUT2D eigenvalue weighted by atomic mass is 35.5. The van der Waals surface area contributed by atoms with Gasteiger partial charge in [0.1, 0.15) is 0 Å². The fourth-order valence-electron chi connectivity index (χ4n) is 0.972. The van der Waals surface area contributed by atoms with Crippen LogP contribution in [0, 0.1) is 11.3 Å². The van der Waals surface area contributed by atoms with Gasteiger partial charge in [0.2, 0.25) is 0 Å². The van der Waals surface area contributed by atoms with Gasteiger partial charge in [0, 0.05) is 19.0 Å². The number of esters is 1. The van der Waals surface area contributed by atoms with Gasteiger partial charge < -0.3 is 4.74 Å². The zero-order valence-electron chi connectivity index (χ0n) is 8.33. The van der Waals surface area contributed by atoms with E-state index in [0.717, 1.165) is 0 Å². The molecule has 80 valence electrons. The Kier molecular flexibility index (Phi) is 8.30. The molecule has 0 heterocycles. The lowest BCUT2D eigenvalue weighted by atomic mass is 10.4. The fourth-order valence-corrected chi connectivity index (χ4v) is 1.21. The Morgan fingerprint density at radius 1 is 1.57 bits per heavy atom. The molecule has 0 N–H and O–H groups in total. The van der Waals surface area contributed by atoms with Crippen LogP contribution in [0.3, 0.4) is 0 Å². The molecule has 0 fully saturated rings. The molecule has 5 heteroatoms. The third-order valence-electron chi connectivity index (χ3n) is 1.63. The number of carbonyl (C=O) groups excluding carboxylic acids is 1. The van der Waals surface area contributed by atoms with Crippen molar-refractivity contribution in [1.82, 2.24) is 4.90 Å². The maximum atomic E-state index is 11.0. The number of nitrogens with zero attached hydrogens (tertiary/aromatic N) is 2. The third kappa shape index (κ3) is 6.70. The van der Waals surface area contributed by atoms with Gasteiger partial charge in [-0.15, -0.1) is 11.6 Å². The van der Waals surface area contributed by atoms with E-state index in [9.17, 15) is 4.79 Å². The van der Waals surface area contributed by atoms with Gasteiger partial charge in [0.15, 0.2) is 0 Å². The number of carbonyl (C=O) groups is 1. The van der Waals surface area contributed by atoms with E-state index >= 15 is 0 Å². The van der Waals surface area contributed by atoms with E-state index in [2.05, 4.69) is 0 Å². The lowest BCUT2D eigenvalue weighted by molar-refractivity contribution is -0.143. The molecule has 0 unspecified atom stereocenters.